The molecular formula is C10H17N3O2S. The van der Waals surface area contributed by atoms with Gasteiger partial charge in [0.15, 0.2) is 0 Å². The third kappa shape index (κ3) is 4.99. The van der Waals surface area contributed by atoms with Crippen LogP contribution in [0.4, 0.5) is 11.4 Å². The third-order valence-electron chi connectivity index (χ3n) is 1.90. The second kappa shape index (κ2) is 5.72. The molecule has 0 atom stereocenters. The Kier molecular flexibility index (Phi) is 4.57. The lowest BCUT2D eigenvalue weighted by molar-refractivity contribution is 0.607. The Labute approximate surface area is 96.1 Å². The molecule has 5 nitrogen and oxygen atoms in total. The average molecular weight is 243 g/mol. The van der Waals surface area contributed by atoms with Gasteiger partial charge in [0.05, 0.1) is 6.26 Å². The van der Waals surface area contributed by atoms with Crippen molar-refractivity contribution in [2.45, 2.75) is 6.42 Å². The SMILES string of the molecule is CS(=O)(=O)Nc1ccc(NCCCN)cc1. The summed E-state index contributed by atoms with van der Waals surface area (Å²) in [5, 5.41) is 3.18. The molecule has 4 N–H and O–H groups in total. The average Bonchev–Trinajstić information content (AvgIpc) is 2.19. The smallest absolute Gasteiger partial charge is 0.229 e. The fraction of sp³-hybridized carbons (Fsp3) is 0.400. The maximum atomic E-state index is 11.0. The number of hydrogen-bond acceptors (Lipinski definition) is 4. The van der Waals surface area contributed by atoms with Gasteiger partial charge in [0.2, 0.25) is 10.0 Å². The van der Waals surface area contributed by atoms with Crippen molar-refractivity contribution in [3.05, 3.63) is 24.3 Å². The van der Waals surface area contributed by atoms with Gasteiger partial charge in [-0.1, -0.05) is 0 Å². The molecular weight excluding hydrogens is 226 g/mol. The Bertz CT molecular complexity index is 414. The number of nitrogens with one attached hydrogen (secondary N) is 2. The first kappa shape index (κ1) is 12.8. The van der Waals surface area contributed by atoms with Gasteiger partial charge in [0, 0.05) is 17.9 Å². The Balaban J connectivity index is 2.54. The molecule has 0 amide bonds. The molecule has 16 heavy (non-hydrogen) atoms. The lowest BCUT2D eigenvalue weighted by Gasteiger charge is -2.07. The topological polar surface area (TPSA) is 84.2 Å². The van der Waals surface area contributed by atoms with E-state index >= 15 is 0 Å². The van der Waals surface area contributed by atoms with E-state index in [1.54, 1.807) is 12.1 Å². The van der Waals surface area contributed by atoms with Gasteiger partial charge in [-0.3, -0.25) is 4.72 Å². The van der Waals surface area contributed by atoms with Gasteiger partial charge in [-0.25, -0.2) is 8.42 Å². The zero-order chi connectivity index (χ0) is 12.0. The van der Waals surface area contributed by atoms with Gasteiger partial charge < -0.3 is 11.1 Å². The first-order valence-electron chi connectivity index (χ1n) is 5.03. The van der Waals surface area contributed by atoms with Crippen molar-refractivity contribution >= 4 is 21.4 Å². The molecule has 0 heterocycles. The molecule has 90 valence electrons. The molecule has 1 aromatic rings. The van der Waals surface area contributed by atoms with Crippen molar-refractivity contribution < 1.29 is 8.42 Å². The number of nitrogens with two attached hydrogens (primary N) is 1. The molecule has 1 aromatic carbocycles. The number of hydrogen-bond donors (Lipinski definition) is 3. The molecule has 6 heteroatoms. The highest BCUT2D eigenvalue weighted by atomic mass is 32.2. The first-order chi connectivity index (χ1) is 7.51. The standard InChI is InChI=1S/C10H17N3O2S/c1-16(14,15)13-10-5-3-9(4-6-10)12-8-2-7-11/h3-6,12-13H,2,7-8,11H2,1H3. The quantitative estimate of drug-likeness (QED) is 0.646. The largest absolute Gasteiger partial charge is 0.385 e. The zero-order valence-electron chi connectivity index (χ0n) is 9.23. The van der Waals surface area contributed by atoms with E-state index < -0.39 is 10.0 Å². The second-order valence-electron chi connectivity index (χ2n) is 3.52. The minimum absolute atomic E-state index is 0.562. The molecule has 0 aliphatic heterocycles. The molecule has 0 saturated heterocycles. The summed E-state index contributed by atoms with van der Waals surface area (Å²) in [6.45, 7) is 1.47. The monoisotopic (exact) mass is 243 g/mol. The van der Waals surface area contributed by atoms with Crippen molar-refractivity contribution in [2.24, 2.45) is 5.73 Å². The van der Waals surface area contributed by atoms with Gasteiger partial charge in [-0.15, -0.1) is 0 Å². The van der Waals surface area contributed by atoms with E-state index in [9.17, 15) is 8.42 Å². The molecule has 0 fully saturated rings. The highest BCUT2D eigenvalue weighted by Gasteiger charge is 2.00. The van der Waals surface area contributed by atoms with E-state index in [2.05, 4.69) is 10.0 Å². The molecule has 0 radical (unpaired) electrons. The van der Waals surface area contributed by atoms with Gasteiger partial charge in [0.25, 0.3) is 0 Å². The summed E-state index contributed by atoms with van der Waals surface area (Å²) in [7, 11) is -3.20. The molecule has 0 aromatic heterocycles. The molecule has 0 spiro atoms. The van der Waals surface area contributed by atoms with Crippen LogP contribution >= 0.6 is 0 Å². The predicted molar refractivity (Wildman–Crippen MR) is 67.1 cm³/mol. The van der Waals surface area contributed by atoms with Crippen LogP contribution in [-0.2, 0) is 10.0 Å². The van der Waals surface area contributed by atoms with Crippen LogP contribution in [0.3, 0.4) is 0 Å². The molecule has 0 aliphatic rings. The van der Waals surface area contributed by atoms with Crippen molar-refractivity contribution in [1.82, 2.24) is 0 Å². The zero-order valence-corrected chi connectivity index (χ0v) is 10.0. The number of anilines is 2. The number of sulfonamides is 1. The van der Waals surface area contributed by atoms with Gasteiger partial charge in [-0.05, 0) is 37.2 Å². The minimum atomic E-state index is -3.20. The number of rotatable bonds is 6. The van der Waals surface area contributed by atoms with Crippen LogP contribution in [-0.4, -0.2) is 27.8 Å². The van der Waals surface area contributed by atoms with E-state index in [0.29, 0.717) is 12.2 Å². The first-order valence-corrected chi connectivity index (χ1v) is 6.92. The summed E-state index contributed by atoms with van der Waals surface area (Å²) in [6.07, 6.45) is 2.03. The van der Waals surface area contributed by atoms with E-state index in [1.807, 2.05) is 12.1 Å². The molecule has 0 aliphatic carbocycles. The molecule has 1 rings (SSSR count). The maximum Gasteiger partial charge on any atom is 0.229 e. The van der Waals surface area contributed by atoms with Crippen molar-refractivity contribution in [3.8, 4) is 0 Å². The van der Waals surface area contributed by atoms with Crippen LogP contribution in [0.15, 0.2) is 24.3 Å². The van der Waals surface area contributed by atoms with Crippen LogP contribution < -0.4 is 15.8 Å². The van der Waals surface area contributed by atoms with E-state index in [1.165, 1.54) is 0 Å². The summed E-state index contributed by atoms with van der Waals surface area (Å²) in [4.78, 5) is 0. The Morgan fingerprint density at radius 2 is 1.75 bits per heavy atom. The van der Waals surface area contributed by atoms with Crippen LogP contribution in [0.5, 0.6) is 0 Å². The summed E-state index contributed by atoms with van der Waals surface area (Å²) < 4.78 is 24.3. The molecule has 0 saturated carbocycles. The summed E-state index contributed by atoms with van der Waals surface area (Å²) in [5.41, 5.74) is 6.88. The third-order valence-corrected chi connectivity index (χ3v) is 2.50. The van der Waals surface area contributed by atoms with Gasteiger partial charge in [-0.2, -0.15) is 0 Å². The summed E-state index contributed by atoms with van der Waals surface area (Å²) >= 11 is 0. The van der Waals surface area contributed by atoms with Gasteiger partial charge in [0.1, 0.15) is 0 Å². The lowest BCUT2D eigenvalue weighted by Crippen LogP contribution is -2.10. The fourth-order valence-electron chi connectivity index (χ4n) is 1.20. The summed E-state index contributed by atoms with van der Waals surface area (Å²) in [6, 6.07) is 7.08. The molecule has 0 bridgehead atoms. The van der Waals surface area contributed by atoms with Crippen molar-refractivity contribution in [2.75, 3.05) is 29.4 Å². The van der Waals surface area contributed by atoms with Gasteiger partial charge >= 0.3 is 0 Å². The Morgan fingerprint density at radius 1 is 1.19 bits per heavy atom. The predicted octanol–water partition coefficient (Wildman–Crippen LogP) is 0.819. The minimum Gasteiger partial charge on any atom is -0.385 e. The lowest BCUT2D eigenvalue weighted by atomic mass is 10.3. The van der Waals surface area contributed by atoms with E-state index in [0.717, 1.165) is 24.9 Å². The van der Waals surface area contributed by atoms with Crippen LogP contribution in [0, 0.1) is 0 Å². The molecule has 0 unspecified atom stereocenters. The van der Waals surface area contributed by atoms with E-state index in [4.69, 9.17) is 5.73 Å². The van der Waals surface area contributed by atoms with Crippen LogP contribution in [0.2, 0.25) is 0 Å². The normalized spacial score (nSPS) is 11.1. The Morgan fingerprint density at radius 3 is 2.25 bits per heavy atom. The van der Waals surface area contributed by atoms with Crippen molar-refractivity contribution in [1.29, 1.82) is 0 Å². The van der Waals surface area contributed by atoms with E-state index in [-0.39, 0.29) is 0 Å². The highest BCUT2D eigenvalue weighted by Crippen LogP contribution is 2.14. The second-order valence-corrected chi connectivity index (χ2v) is 5.27. The maximum absolute atomic E-state index is 11.0. The summed E-state index contributed by atoms with van der Waals surface area (Å²) in [5.74, 6) is 0. The van der Waals surface area contributed by atoms with Crippen molar-refractivity contribution in [3.63, 3.8) is 0 Å². The Hall–Kier alpha value is -1.27. The highest BCUT2D eigenvalue weighted by molar-refractivity contribution is 7.92. The fourth-order valence-corrected chi connectivity index (χ4v) is 1.77. The van der Waals surface area contributed by atoms with Crippen LogP contribution in [0.25, 0.3) is 0 Å². The van der Waals surface area contributed by atoms with Crippen LogP contribution in [0.1, 0.15) is 6.42 Å². The number of benzene rings is 1.